The number of hydrogen-bond acceptors (Lipinski definition) is 6. The maximum Gasteiger partial charge on any atom is 0.347 e. The lowest BCUT2D eigenvalue weighted by Crippen LogP contribution is -2.52. The van der Waals surface area contributed by atoms with Crippen molar-refractivity contribution in [3.8, 4) is 0 Å². The second-order valence-electron chi connectivity index (χ2n) is 3.04. The first-order chi connectivity index (χ1) is 7.29. The Hall–Kier alpha value is -2.29. The Bertz CT molecular complexity index is 426. The Labute approximate surface area is 87.6 Å². The number of nitro groups is 2. The third-order valence-corrected chi connectivity index (χ3v) is 2.07. The van der Waals surface area contributed by atoms with Gasteiger partial charge in [-0.2, -0.15) is 0 Å². The maximum atomic E-state index is 10.7. The summed E-state index contributed by atoms with van der Waals surface area (Å²) in [7, 11) is 0. The lowest BCUT2D eigenvalue weighted by Gasteiger charge is -2.22. The molecule has 0 saturated heterocycles. The Kier molecular flexibility index (Phi) is 2.72. The third kappa shape index (κ3) is 1.75. The molecule has 0 bridgehead atoms. The van der Waals surface area contributed by atoms with E-state index in [1.165, 1.54) is 0 Å². The van der Waals surface area contributed by atoms with Gasteiger partial charge in [0.15, 0.2) is 0 Å². The average molecular weight is 230 g/mol. The standard InChI is InChI=1S/C7H6N2O7/c10-6(11)7(12)2-1-4(8(13)14)3-5(7)9(15)16/h1-3,5,12H,(H,10,11). The Morgan fingerprint density at radius 2 is 2.00 bits per heavy atom. The summed E-state index contributed by atoms with van der Waals surface area (Å²) in [6.45, 7) is 0. The first kappa shape index (κ1) is 11.8. The van der Waals surface area contributed by atoms with Crippen LogP contribution in [0.1, 0.15) is 0 Å². The summed E-state index contributed by atoms with van der Waals surface area (Å²) >= 11 is 0. The summed E-state index contributed by atoms with van der Waals surface area (Å²) in [4.78, 5) is 29.5. The smallest absolute Gasteiger partial charge is 0.347 e. The number of carboxylic acid groups (broad SMARTS) is 1. The highest BCUT2D eigenvalue weighted by Gasteiger charge is 2.52. The van der Waals surface area contributed by atoms with Gasteiger partial charge in [-0.1, -0.05) is 0 Å². The van der Waals surface area contributed by atoms with Crippen LogP contribution >= 0.6 is 0 Å². The van der Waals surface area contributed by atoms with Gasteiger partial charge < -0.3 is 10.2 Å². The number of aliphatic hydroxyl groups is 1. The minimum Gasteiger partial charge on any atom is -0.479 e. The van der Waals surface area contributed by atoms with E-state index in [0.717, 1.165) is 0 Å². The van der Waals surface area contributed by atoms with E-state index in [1.807, 2.05) is 0 Å². The van der Waals surface area contributed by atoms with E-state index in [9.17, 15) is 30.1 Å². The van der Waals surface area contributed by atoms with Crippen LogP contribution in [-0.2, 0) is 4.79 Å². The number of carboxylic acids is 1. The van der Waals surface area contributed by atoms with E-state index < -0.39 is 33.2 Å². The second-order valence-corrected chi connectivity index (χ2v) is 3.04. The fourth-order valence-electron chi connectivity index (χ4n) is 1.20. The summed E-state index contributed by atoms with van der Waals surface area (Å²) in [5, 5.41) is 39.0. The molecule has 86 valence electrons. The van der Waals surface area contributed by atoms with Crippen molar-refractivity contribution in [2.24, 2.45) is 0 Å². The zero-order chi connectivity index (χ0) is 12.5. The van der Waals surface area contributed by atoms with Gasteiger partial charge in [-0.15, -0.1) is 0 Å². The lowest BCUT2D eigenvalue weighted by molar-refractivity contribution is -0.527. The lowest BCUT2D eigenvalue weighted by atomic mass is 9.89. The quantitative estimate of drug-likeness (QED) is 0.475. The molecule has 0 amide bonds. The van der Waals surface area contributed by atoms with Crippen molar-refractivity contribution < 1.29 is 24.9 Å². The molecule has 0 fully saturated rings. The van der Waals surface area contributed by atoms with E-state index in [4.69, 9.17) is 5.11 Å². The van der Waals surface area contributed by atoms with Gasteiger partial charge in [-0.05, 0) is 6.08 Å². The molecule has 0 saturated carbocycles. The van der Waals surface area contributed by atoms with Crippen molar-refractivity contribution in [2.75, 3.05) is 0 Å². The molecular formula is C7H6N2O7. The molecule has 0 radical (unpaired) electrons. The summed E-state index contributed by atoms with van der Waals surface area (Å²) < 4.78 is 0. The van der Waals surface area contributed by atoms with Crippen LogP contribution < -0.4 is 0 Å². The van der Waals surface area contributed by atoms with Gasteiger partial charge in [0.05, 0.1) is 11.0 Å². The SMILES string of the molecule is O=C(O)C1(O)C=CC([N+](=O)[O-])=CC1[N+](=O)[O-]. The molecule has 9 nitrogen and oxygen atoms in total. The first-order valence-corrected chi connectivity index (χ1v) is 3.93. The van der Waals surface area contributed by atoms with Gasteiger partial charge in [-0.25, -0.2) is 4.79 Å². The van der Waals surface area contributed by atoms with Crippen molar-refractivity contribution in [3.63, 3.8) is 0 Å². The zero-order valence-electron chi connectivity index (χ0n) is 7.64. The zero-order valence-corrected chi connectivity index (χ0v) is 7.64. The first-order valence-electron chi connectivity index (χ1n) is 3.93. The van der Waals surface area contributed by atoms with E-state index >= 15 is 0 Å². The number of carbonyl (C=O) groups is 1. The third-order valence-electron chi connectivity index (χ3n) is 2.07. The van der Waals surface area contributed by atoms with Crippen molar-refractivity contribution in [2.45, 2.75) is 11.6 Å². The fraction of sp³-hybridized carbons (Fsp3) is 0.286. The van der Waals surface area contributed by atoms with Gasteiger partial charge in [0, 0.05) is 11.0 Å². The monoisotopic (exact) mass is 230 g/mol. The molecule has 0 aromatic carbocycles. The number of hydrogen-bond donors (Lipinski definition) is 2. The van der Waals surface area contributed by atoms with Gasteiger partial charge >= 0.3 is 5.97 Å². The largest absolute Gasteiger partial charge is 0.479 e. The minimum atomic E-state index is -2.76. The molecule has 0 heterocycles. The Balaban J connectivity index is 3.22. The number of nitrogens with zero attached hydrogens (tertiary/aromatic N) is 2. The van der Waals surface area contributed by atoms with E-state index in [1.54, 1.807) is 0 Å². The maximum absolute atomic E-state index is 10.7. The number of rotatable bonds is 3. The minimum absolute atomic E-state index is 0.494. The Morgan fingerprint density at radius 1 is 1.44 bits per heavy atom. The molecular weight excluding hydrogens is 224 g/mol. The molecule has 0 aromatic rings. The predicted octanol–water partition coefficient (Wildman–Crippen LogP) is -0.822. The van der Waals surface area contributed by atoms with Crippen molar-refractivity contribution in [1.82, 2.24) is 0 Å². The summed E-state index contributed by atoms with van der Waals surface area (Å²) in [5.41, 5.74) is -3.39. The molecule has 16 heavy (non-hydrogen) atoms. The highest BCUT2D eigenvalue weighted by atomic mass is 16.6. The average Bonchev–Trinajstić information content (AvgIpc) is 2.17. The Morgan fingerprint density at radius 3 is 2.38 bits per heavy atom. The molecule has 9 heteroatoms. The molecule has 1 aliphatic rings. The summed E-state index contributed by atoms with van der Waals surface area (Å²) in [6, 6.07) is -2.09. The van der Waals surface area contributed by atoms with Crippen LogP contribution in [0, 0.1) is 20.2 Å². The van der Waals surface area contributed by atoms with Crippen LogP contribution in [0.5, 0.6) is 0 Å². The van der Waals surface area contributed by atoms with Crippen molar-refractivity contribution in [1.29, 1.82) is 0 Å². The van der Waals surface area contributed by atoms with Crippen LogP contribution in [0.4, 0.5) is 0 Å². The van der Waals surface area contributed by atoms with Crippen LogP contribution in [-0.4, -0.2) is 37.7 Å². The van der Waals surface area contributed by atoms with Crippen LogP contribution in [0.2, 0.25) is 0 Å². The van der Waals surface area contributed by atoms with Gasteiger partial charge in [0.25, 0.3) is 17.3 Å². The topological polar surface area (TPSA) is 144 Å². The molecule has 0 spiro atoms. The van der Waals surface area contributed by atoms with Crippen molar-refractivity contribution >= 4 is 5.97 Å². The van der Waals surface area contributed by atoms with Gasteiger partial charge in [0.2, 0.25) is 0 Å². The van der Waals surface area contributed by atoms with Crippen LogP contribution in [0.15, 0.2) is 23.9 Å². The molecule has 0 aromatic heterocycles. The normalized spacial score (nSPS) is 28.3. The van der Waals surface area contributed by atoms with Gasteiger partial charge in [0.1, 0.15) is 0 Å². The summed E-state index contributed by atoms with van der Waals surface area (Å²) in [5.74, 6) is -1.84. The second kappa shape index (κ2) is 3.70. The van der Waals surface area contributed by atoms with Crippen LogP contribution in [0.25, 0.3) is 0 Å². The molecule has 0 aliphatic heterocycles. The molecule has 2 unspecified atom stereocenters. The van der Waals surface area contributed by atoms with E-state index in [2.05, 4.69) is 0 Å². The fourth-order valence-corrected chi connectivity index (χ4v) is 1.20. The molecule has 2 N–H and O–H groups in total. The molecule has 1 rings (SSSR count). The van der Waals surface area contributed by atoms with Crippen LogP contribution in [0.3, 0.4) is 0 Å². The van der Waals surface area contributed by atoms with E-state index in [0.29, 0.717) is 18.2 Å². The van der Waals surface area contributed by atoms with Gasteiger partial charge in [-0.3, -0.25) is 20.2 Å². The van der Waals surface area contributed by atoms with Crippen molar-refractivity contribution in [3.05, 3.63) is 44.2 Å². The molecule has 2 atom stereocenters. The highest BCUT2D eigenvalue weighted by Crippen LogP contribution is 2.24. The predicted molar refractivity (Wildman–Crippen MR) is 47.6 cm³/mol. The molecule has 1 aliphatic carbocycles. The number of allylic oxidation sites excluding steroid dienone is 1. The highest BCUT2D eigenvalue weighted by molar-refractivity contribution is 5.81. The summed E-state index contributed by atoms with van der Waals surface area (Å²) in [6.07, 6.45) is 1.74. The van der Waals surface area contributed by atoms with E-state index in [-0.39, 0.29) is 0 Å². The number of aliphatic carboxylic acids is 1.